The molecular weight excluding hydrogens is 318 g/mol. The Bertz CT molecular complexity index is 649. The van der Waals surface area contributed by atoms with E-state index in [1.165, 1.54) is 0 Å². The molecule has 0 bridgehead atoms. The van der Waals surface area contributed by atoms with Crippen molar-refractivity contribution in [2.24, 2.45) is 17.1 Å². The van der Waals surface area contributed by atoms with Crippen molar-refractivity contribution in [1.82, 2.24) is 10.2 Å². The Kier molecular flexibility index (Phi) is 5.39. The number of nitrogens with zero attached hydrogens (tertiary/aromatic N) is 1. The number of ether oxygens (including phenoxy) is 1. The van der Waals surface area contributed by atoms with Gasteiger partial charge in [-0.3, -0.25) is 14.5 Å². The average Bonchev–Trinajstić information content (AvgIpc) is 3.11. The fourth-order valence-corrected chi connectivity index (χ4v) is 4.37. The maximum Gasteiger partial charge on any atom is 0.234 e. The number of carbonyl (C=O) groups is 2. The molecule has 0 spiro atoms. The van der Waals surface area contributed by atoms with Gasteiger partial charge in [-0.1, -0.05) is 30.7 Å². The van der Waals surface area contributed by atoms with E-state index in [4.69, 9.17) is 10.5 Å². The second kappa shape index (κ2) is 7.54. The van der Waals surface area contributed by atoms with Gasteiger partial charge in [-0.15, -0.1) is 0 Å². The van der Waals surface area contributed by atoms with Gasteiger partial charge in [-0.05, 0) is 29.9 Å². The molecule has 2 atom stereocenters. The number of methoxy groups -OCH3 is 1. The number of hydrogen-bond acceptors (Lipinski definition) is 4. The number of rotatable bonds is 7. The van der Waals surface area contributed by atoms with Gasteiger partial charge in [0.25, 0.3) is 0 Å². The Morgan fingerprint density at radius 3 is 2.92 bits per heavy atom. The predicted octanol–water partition coefficient (Wildman–Crippen LogP) is 1.04. The van der Waals surface area contributed by atoms with Gasteiger partial charge in [0.2, 0.25) is 11.8 Å². The summed E-state index contributed by atoms with van der Waals surface area (Å²) < 4.78 is 5.13. The van der Waals surface area contributed by atoms with E-state index in [1.807, 2.05) is 24.3 Å². The molecule has 25 heavy (non-hydrogen) atoms. The first-order chi connectivity index (χ1) is 12.0. The monoisotopic (exact) mass is 345 g/mol. The number of primary amides is 1. The molecule has 0 radical (unpaired) electrons. The molecular formula is C19H27N3O3. The lowest BCUT2D eigenvalue weighted by Gasteiger charge is -2.24. The van der Waals surface area contributed by atoms with Crippen LogP contribution in [0.25, 0.3) is 0 Å². The summed E-state index contributed by atoms with van der Waals surface area (Å²) in [4.78, 5) is 26.3. The summed E-state index contributed by atoms with van der Waals surface area (Å²) >= 11 is 0. The third-order valence-corrected chi connectivity index (χ3v) is 5.59. The average molecular weight is 345 g/mol. The van der Waals surface area contributed by atoms with Gasteiger partial charge in [0, 0.05) is 26.7 Å². The number of nitrogens with one attached hydrogen (secondary N) is 1. The van der Waals surface area contributed by atoms with Gasteiger partial charge in [0.15, 0.2) is 0 Å². The highest BCUT2D eigenvalue weighted by Gasteiger charge is 2.53. The van der Waals surface area contributed by atoms with Crippen molar-refractivity contribution in [2.75, 3.05) is 26.7 Å². The second-order valence-corrected chi connectivity index (χ2v) is 7.31. The van der Waals surface area contributed by atoms with Crippen molar-refractivity contribution >= 4 is 11.8 Å². The number of carbonyl (C=O) groups excluding carboxylic acids is 2. The van der Waals surface area contributed by atoms with Crippen LogP contribution in [0.2, 0.25) is 0 Å². The van der Waals surface area contributed by atoms with E-state index >= 15 is 0 Å². The van der Waals surface area contributed by atoms with Gasteiger partial charge in [0.05, 0.1) is 18.6 Å². The zero-order valence-corrected chi connectivity index (χ0v) is 14.8. The highest BCUT2D eigenvalue weighted by atomic mass is 16.5. The van der Waals surface area contributed by atoms with E-state index in [1.54, 1.807) is 7.11 Å². The lowest BCUT2D eigenvalue weighted by atomic mass is 9.80. The maximum atomic E-state index is 12.3. The van der Waals surface area contributed by atoms with E-state index in [2.05, 4.69) is 10.2 Å². The summed E-state index contributed by atoms with van der Waals surface area (Å²) in [6.07, 6.45) is 2.95. The van der Waals surface area contributed by atoms with Crippen molar-refractivity contribution in [2.45, 2.75) is 32.4 Å². The minimum atomic E-state index is -0.408. The molecule has 1 saturated carbocycles. The van der Waals surface area contributed by atoms with Gasteiger partial charge < -0.3 is 15.8 Å². The smallest absolute Gasteiger partial charge is 0.234 e. The van der Waals surface area contributed by atoms with Crippen molar-refractivity contribution < 1.29 is 14.3 Å². The number of benzene rings is 1. The molecule has 2 aliphatic rings. The topological polar surface area (TPSA) is 84.7 Å². The van der Waals surface area contributed by atoms with E-state index in [9.17, 15) is 9.59 Å². The molecule has 2 amide bonds. The second-order valence-electron chi connectivity index (χ2n) is 7.31. The molecule has 2 fully saturated rings. The van der Waals surface area contributed by atoms with Gasteiger partial charge in [0.1, 0.15) is 0 Å². The number of amides is 2. The third-order valence-electron chi connectivity index (χ3n) is 5.59. The zero-order valence-electron chi connectivity index (χ0n) is 14.8. The van der Waals surface area contributed by atoms with Crippen LogP contribution < -0.4 is 11.1 Å². The first-order valence-electron chi connectivity index (χ1n) is 8.89. The Morgan fingerprint density at radius 1 is 1.40 bits per heavy atom. The Labute approximate surface area is 148 Å². The van der Waals surface area contributed by atoms with E-state index in [0.717, 1.165) is 36.9 Å². The van der Waals surface area contributed by atoms with Crippen LogP contribution in [-0.2, 0) is 27.5 Å². The minimum absolute atomic E-state index is 0.0169. The van der Waals surface area contributed by atoms with Crippen LogP contribution in [-0.4, -0.2) is 43.5 Å². The first kappa shape index (κ1) is 17.9. The van der Waals surface area contributed by atoms with Crippen molar-refractivity contribution in [1.29, 1.82) is 0 Å². The molecule has 1 heterocycles. The fourth-order valence-electron chi connectivity index (χ4n) is 4.37. The van der Waals surface area contributed by atoms with Gasteiger partial charge in [-0.25, -0.2) is 0 Å². The molecule has 1 aromatic rings. The van der Waals surface area contributed by atoms with Gasteiger partial charge >= 0.3 is 0 Å². The van der Waals surface area contributed by atoms with Crippen LogP contribution in [0, 0.1) is 11.3 Å². The third kappa shape index (κ3) is 3.85. The Morgan fingerprint density at radius 2 is 2.20 bits per heavy atom. The molecule has 1 aliphatic carbocycles. The van der Waals surface area contributed by atoms with Gasteiger partial charge in [-0.2, -0.15) is 0 Å². The molecule has 1 aliphatic heterocycles. The van der Waals surface area contributed by atoms with Crippen LogP contribution in [0.15, 0.2) is 24.3 Å². The van der Waals surface area contributed by atoms with E-state index in [-0.39, 0.29) is 11.8 Å². The number of fused-ring (bicyclic) bond motifs is 1. The molecule has 136 valence electrons. The maximum absolute atomic E-state index is 12.3. The van der Waals surface area contributed by atoms with Crippen LogP contribution in [0.5, 0.6) is 0 Å². The highest BCUT2D eigenvalue weighted by molar-refractivity contribution is 5.83. The van der Waals surface area contributed by atoms with E-state index < -0.39 is 5.41 Å². The quantitative estimate of drug-likeness (QED) is 0.773. The normalized spacial score (nSPS) is 25.7. The van der Waals surface area contributed by atoms with Crippen molar-refractivity contribution in [3.63, 3.8) is 0 Å². The largest absolute Gasteiger partial charge is 0.380 e. The molecule has 3 N–H and O–H groups in total. The number of likely N-dealkylation sites (tertiary alicyclic amines) is 1. The summed E-state index contributed by atoms with van der Waals surface area (Å²) in [7, 11) is 1.67. The Hall–Kier alpha value is -1.92. The molecule has 0 unspecified atom stereocenters. The van der Waals surface area contributed by atoms with Crippen LogP contribution in [0.1, 0.15) is 30.4 Å². The number of nitrogens with two attached hydrogens (primary N) is 1. The number of hydrogen-bond donors (Lipinski definition) is 2. The SMILES string of the molecule is COCc1cccc(CNC(=O)CN2C[C@@H]3CCC[C@]3(C(N)=O)C2)c1. The Balaban J connectivity index is 1.50. The fraction of sp³-hybridized carbons (Fsp3) is 0.579. The van der Waals surface area contributed by atoms with Crippen molar-refractivity contribution in [3.05, 3.63) is 35.4 Å². The zero-order chi connectivity index (χ0) is 17.9. The van der Waals surface area contributed by atoms with Crippen molar-refractivity contribution in [3.8, 4) is 0 Å². The molecule has 6 nitrogen and oxygen atoms in total. The highest BCUT2D eigenvalue weighted by Crippen LogP contribution is 2.48. The van der Waals surface area contributed by atoms with Crippen LogP contribution in [0.4, 0.5) is 0 Å². The summed E-state index contributed by atoms with van der Waals surface area (Å²) in [5, 5.41) is 2.97. The molecule has 0 aromatic heterocycles. The van der Waals surface area contributed by atoms with Crippen LogP contribution >= 0.6 is 0 Å². The molecule has 1 saturated heterocycles. The summed E-state index contributed by atoms with van der Waals surface area (Å²) in [5.41, 5.74) is 7.39. The molecule has 6 heteroatoms. The van der Waals surface area contributed by atoms with E-state index in [0.29, 0.717) is 32.2 Å². The standard InChI is InChI=1S/C19H27N3O3/c1-25-12-15-5-2-4-14(8-15)9-21-17(23)11-22-10-16-6-3-7-19(16,13-22)18(20)24/h2,4-5,8,16H,3,6-7,9-13H2,1H3,(H2,20,24)(H,21,23)/t16-,19-/m0/s1. The molecule has 1 aromatic carbocycles. The summed E-state index contributed by atoms with van der Waals surface area (Å²) in [6.45, 7) is 2.79. The first-order valence-corrected chi connectivity index (χ1v) is 8.89. The summed E-state index contributed by atoms with van der Waals surface area (Å²) in [6, 6.07) is 7.99. The lowest BCUT2D eigenvalue weighted by Crippen LogP contribution is -2.42. The minimum Gasteiger partial charge on any atom is -0.380 e. The molecule has 3 rings (SSSR count). The van der Waals surface area contributed by atoms with Crippen LogP contribution in [0.3, 0.4) is 0 Å². The lowest BCUT2D eigenvalue weighted by molar-refractivity contribution is -0.128. The predicted molar refractivity (Wildman–Crippen MR) is 94.4 cm³/mol. The summed E-state index contributed by atoms with van der Waals surface area (Å²) in [5.74, 6) is 0.0909.